The fourth-order valence-corrected chi connectivity index (χ4v) is 7.27. The number of carbonyl (C=O) groups excluding carboxylic acids is 4. The molecule has 5 amide bonds. The van der Waals surface area contributed by atoms with E-state index in [0.717, 1.165) is 28.7 Å². The summed E-state index contributed by atoms with van der Waals surface area (Å²) in [6, 6.07) is 14.4. The number of amides is 5. The third-order valence-electron chi connectivity index (χ3n) is 5.86. The van der Waals surface area contributed by atoms with E-state index >= 15 is 0 Å². The second-order valence-corrected chi connectivity index (χ2v) is 10.5. The van der Waals surface area contributed by atoms with Gasteiger partial charge in [0.05, 0.1) is 10.9 Å². The summed E-state index contributed by atoms with van der Waals surface area (Å²) >= 11 is 7.82. The quantitative estimate of drug-likeness (QED) is 0.500. The Bertz CT molecular complexity index is 1420. The van der Waals surface area contributed by atoms with E-state index < -0.39 is 40.8 Å². The number of thiazole rings is 1. The molecule has 5 rings (SSSR count). The van der Waals surface area contributed by atoms with Gasteiger partial charge in [0, 0.05) is 21.5 Å². The summed E-state index contributed by atoms with van der Waals surface area (Å²) in [5.74, 6) is -3.39. The van der Waals surface area contributed by atoms with E-state index in [9.17, 15) is 24.0 Å². The number of primary amides is 1. The molecule has 0 radical (unpaired) electrons. The van der Waals surface area contributed by atoms with Crippen LogP contribution in [0.25, 0.3) is 0 Å². The van der Waals surface area contributed by atoms with Crippen molar-refractivity contribution >= 4 is 64.1 Å². The van der Waals surface area contributed by atoms with E-state index in [1.807, 2.05) is 6.07 Å². The maximum absolute atomic E-state index is 13.1. The molecule has 1 saturated heterocycles. The predicted molar refractivity (Wildman–Crippen MR) is 132 cm³/mol. The van der Waals surface area contributed by atoms with Gasteiger partial charge < -0.3 is 11.1 Å². The molecule has 2 aliphatic rings. The molecule has 0 spiro atoms. The number of imide groups is 3. The summed E-state index contributed by atoms with van der Waals surface area (Å²) in [6.45, 7) is -0.291. The number of urea groups is 1. The average Bonchev–Trinajstić information content (AvgIpc) is 3.27. The minimum atomic E-state index is -1.13. The minimum Gasteiger partial charge on any atom is -0.351 e. The molecule has 0 bridgehead atoms. The van der Waals surface area contributed by atoms with Crippen molar-refractivity contribution in [3.8, 4) is 0 Å². The first-order valence-corrected chi connectivity index (χ1v) is 12.5. The number of anilines is 1. The van der Waals surface area contributed by atoms with Gasteiger partial charge in [-0.2, -0.15) is 4.90 Å². The number of hydrogen-bond donors (Lipinski definition) is 2. The highest BCUT2D eigenvalue weighted by atomic mass is 35.5. The van der Waals surface area contributed by atoms with E-state index in [2.05, 4.69) is 5.32 Å². The summed E-state index contributed by atoms with van der Waals surface area (Å²) in [5.41, 5.74) is 6.55. The second-order valence-electron chi connectivity index (χ2n) is 7.98. The van der Waals surface area contributed by atoms with Gasteiger partial charge in [0.15, 0.2) is 0 Å². The molecule has 35 heavy (non-hydrogen) atoms. The van der Waals surface area contributed by atoms with Crippen LogP contribution in [-0.4, -0.2) is 38.5 Å². The van der Waals surface area contributed by atoms with Crippen LogP contribution >= 0.6 is 34.7 Å². The Morgan fingerprint density at radius 1 is 1.00 bits per heavy atom. The molecule has 12 heteroatoms. The zero-order chi connectivity index (χ0) is 24.9. The van der Waals surface area contributed by atoms with Gasteiger partial charge in [0.1, 0.15) is 11.8 Å². The van der Waals surface area contributed by atoms with E-state index in [4.69, 9.17) is 17.3 Å². The lowest BCUT2D eigenvalue weighted by Crippen LogP contribution is -2.41. The van der Waals surface area contributed by atoms with Gasteiger partial charge >= 0.3 is 10.9 Å². The van der Waals surface area contributed by atoms with Gasteiger partial charge in [0.2, 0.25) is 11.8 Å². The number of aromatic nitrogens is 1. The molecule has 3 unspecified atom stereocenters. The lowest BCUT2D eigenvalue weighted by atomic mass is 9.83. The van der Waals surface area contributed by atoms with Crippen LogP contribution in [0, 0.1) is 5.92 Å². The van der Waals surface area contributed by atoms with Crippen LogP contribution < -0.4 is 15.9 Å². The highest BCUT2D eigenvalue weighted by Crippen LogP contribution is 2.53. The Balaban J connectivity index is 1.55. The fraction of sp³-hybridized carbons (Fsp3) is 0.174. The molecule has 1 fully saturated rings. The van der Waals surface area contributed by atoms with Crippen molar-refractivity contribution in [2.45, 2.75) is 22.7 Å². The SMILES string of the molecule is NC(=O)N1C(=O)C2Sc3c(sc(=O)n3CC(=O)Nc3ccc(Cl)cc3)C(c3ccccc3)C2C1=O. The summed E-state index contributed by atoms with van der Waals surface area (Å²) in [5, 5.41) is 2.71. The molecular formula is C23H17ClN4O5S2. The Kier molecular flexibility index (Phi) is 5.99. The summed E-state index contributed by atoms with van der Waals surface area (Å²) in [7, 11) is 0. The molecule has 178 valence electrons. The summed E-state index contributed by atoms with van der Waals surface area (Å²) < 4.78 is 1.30. The number of nitrogens with zero attached hydrogens (tertiary/aromatic N) is 2. The first-order chi connectivity index (χ1) is 16.8. The van der Waals surface area contributed by atoms with Crippen molar-refractivity contribution < 1.29 is 19.2 Å². The zero-order valence-corrected chi connectivity index (χ0v) is 20.2. The summed E-state index contributed by atoms with van der Waals surface area (Å²) in [4.78, 5) is 64.4. The Hall–Kier alpha value is -3.41. The average molecular weight is 529 g/mol. The Morgan fingerprint density at radius 3 is 2.34 bits per heavy atom. The fourth-order valence-electron chi connectivity index (χ4n) is 4.37. The normalized spacial score (nSPS) is 20.9. The number of carbonyl (C=O) groups is 4. The number of nitrogens with one attached hydrogen (secondary N) is 1. The molecule has 2 aliphatic heterocycles. The molecule has 9 nitrogen and oxygen atoms in total. The predicted octanol–water partition coefficient (Wildman–Crippen LogP) is 2.87. The monoisotopic (exact) mass is 528 g/mol. The van der Waals surface area contributed by atoms with E-state index in [-0.39, 0.29) is 11.4 Å². The molecular weight excluding hydrogens is 512 g/mol. The first kappa shape index (κ1) is 23.3. The van der Waals surface area contributed by atoms with E-state index in [1.54, 1.807) is 48.5 Å². The number of likely N-dealkylation sites (tertiary alicyclic amines) is 1. The Labute approximate surface area is 211 Å². The zero-order valence-electron chi connectivity index (χ0n) is 17.8. The standard InChI is InChI=1S/C23H17ClN4O5S2/c24-12-6-8-13(9-7-12)26-14(29)10-27-21-18(35-23(27)33)15(11-4-2-1-3-5-11)16-17(34-21)20(31)28(19(16)30)22(25)32/h1-9,15-17H,10H2,(H2,25,32)(H,26,29). The highest BCUT2D eigenvalue weighted by Gasteiger charge is 2.57. The first-order valence-electron chi connectivity index (χ1n) is 10.4. The molecule has 3 atom stereocenters. The number of thioether (sulfide) groups is 1. The van der Waals surface area contributed by atoms with Crippen molar-refractivity contribution in [3.05, 3.63) is 79.7 Å². The van der Waals surface area contributed by atoms with E-state index in [1.165, 1.54) is 4.57 Å². The topological polar surface area (TPSA) is 132 Å². The minimum absolute atomic E-state index is 0.291. The van der Waals surface area contributed by atoms with Gasteiger partial charge in [-0.25, -0.2) is 4.79 Å². The smallest absolute Gasteiger partial charge is 0.328 e. The number of rotatable bonds is 4. The van der Waals surface area contributed by atoms with Crippen molar-refractivity contribution in [1.29, 1.82) is 0 Å². The second kappa shape index (κ2) is 8.99. The molecule has 3 heterocycles. The van der Waals surface area contributed by atoms with Crippen molar-refractivity contribution in [2.24, 2.45) is 11.7 Å². The van der Waals surface area contributed by atoms with Gasteiger partial charge in [-0.15, -0.1) is 0 Å². The van der Waals surface area contributed by atoms with Gasteiger partial charge in [-0.1, -0.05) is 65.0 Å². The summed E-state index contributed by atoms with van der Waals surface area (Å²) in [6.07, 6.45) is 0. The van der Waals surface area contributed by atoms with Crippen LogP contribution in [0.5, 0.6) is 0 Å². The number of nitrogens with two attached hydrogens (primary N) is 1. The number of hydrogen-bond acceptors (Lipinski definition) is 7. The molecule has 1 aromatic heterocycles. The molecule has 3 N–H and O–H groups in total. The van der Waals surface area contributed by atoms with Crippen LogP contribution in [0.1, 0.15) is 16.4 Å². The largest absolute Gasteiger partial charge is 0.351 e. The highest BCUT2D eigenvalue weighted by molar-refractivity contribution is 8.00. The lowest BCUT2D eigenvalue weighted by molar-refractivity contribution is -0.135. The van der Waals surface area contributed by atoms with Crippen LogP contribution in [0.3, 0.4) is 0 Å². The number of halogens is 1. The van der Waals surface area contributed by atoms with Gasteiger partial charge in [0.25, 0.3) is 5.91 Å². The van der Waals surface area contributed by atoms with Crippen LogP contribution in [0.15, 0.2) is 64.4 Å². The molecule has 2 aromatic carbocycles. The maximum Gasteiger partial charge on any atom is 0.328 e. The van der Waals surface area contributed by atoms with Crippen LogP contribution in [0.2, 0.25) is 5.02 Å². The lowest BCUT2D eigenvalue weighted by Gasteiger charge is -2.30. The number of benzene rings is 2. The van der Waals surface area contributed by atoms with Gasteiger partial charge in [-0.3, -0.25) is 23.7 Å². The van der Waals surface area contributed by atoms with Crippen LogP contribution in [-0.2, 0) is 20.9 Å². The van der Waals surface area contributed by atoms with Crippen molar-refractivity contribution in [3.63, 3.8) is 0 Å². The van der Waals surface area contributed by atoms with Crippen LogP contribution in [0.4, 0.5) is 10.5 Å². The van der Waals surface area contributed by atoms with Crippen molar-refractivity contribution in [2.75, 3.05) is 5.32 Å². The maximum atomic E-state index is 13.1. The molecule has 0 saturated carbocycles. The Morgan fingerprint density at radius 2 is 1.69 bits per heavy atom. The molecule has 3 aromatic rings. The van der Waals surface area contributed by atoms with Crippen molar-refractivity contribution in [1.82, 2.24) is 9.47 Å². The van der Waals surface area contributed by atoms with Gasteiger partial charge in [-0.05, 0) is 29.8 Å². The number of fused-ring (bicyclic) bond motifs is 2. The third kappa shape index (κ3) is 4.05. The molecule has 0 aliphatic carbocycles. The third-order valence-corrected chi connectivity index (χ3v) is 8.71. The van der Waals surface area contributed by atoms with E-state index in [0.29, 0.717) is 25.5 Å².